The van der Waals surface area contributed by atoms with Crippen molar-refractivity contribution >= 4 is 5.91 Å². The second-order valence-corrected chi connectivity index (χ2v) is 3.78. The lowest BCUT2D eigenvalue weighted by Crippen LogP contribution is -2.34. The van der Waals surface area contributed by atoms with Crippen molar-refractivity contribution in [2.75, 3.05) is 41.0 Å². The van der Waals surface area contributed by atoms with E-state index in [0.717, 1.165) is 0 Å². The molecule has 0 atom stereocenters. The van der Waals surface area contributed by atoms with E-state index in [1.54, 1.807) is 39.5 Å². The maximum Gasteiger partial charge on any atom is 0.234 e. The molecule has 0 aliphatic carbocycles. The van der Waals surface area contributed by atoms with Gasteiger partial charge in [-0.1, -0.05) is 0 Å². The van der Waals surface area contributed by atoms with E-state index in [2.05, 4.69) is 10.6 Å². The number of benzene rings is 1. The smallest absolute Gasteiger partial charge is 0.234 e. The van der Waals surface area contributed by atoms with Gasteiger partial charge in [0.15, 0.2) is 0 Å². The maximum absolute atomic E-state index is 11.2. The summed E-state index contributed by atoms with van der Waals surface area (Å²) < 4.78 is 15.8. The van der Waals surface area contributed by atoms with Crippen LogP contribution in [0.3, 0.4) is 0 Å². The number of rotatable bonds is 8. The van der Waals surface area contributed by atoms with Crippen LogP contribution >= 0.6 is 0 Å². The molecule has 0 aromatic heterocycles. The highest BCUT2D eigenvalue weighted by Crippen LogP contribution is 2.27. The van der Waals surface area contributed by atoms with Crippen molar-refractivity contribution in [3.63, 3.8) is 0 Å². The van der Waals surface area contributed by atoms with Crippen molar-refractivity contribution in [2.24, 2.45) is 0 Å². The van der Waals surface area contributed by atoms with Crippen LogP contribution in [-0.2, 0) is 4.79 Å². The summed E-state index contributed by atoms with van der Waals surface area (Å²) in [7, 11) is 4.88. The van der Waals surface area contributed by atoms with Crippen LogP contribution in [0, 0.1) is 0 Å². The van der Waals surface area contributed by atoms with Crippen LogP contribution in [0.1, 0.15) is 0 Å². The molecule has 0 spiro atoms. The number of methoxy groups -OCH3 is 2. The Balaban J connectivity index is 2.42. The second kappa shape index (κ2) is 8.20. The predicted molar refractivity (Wildman–Crippen MR) is 72.0 cm³/mol. The first-order valence-electron chi connectivity index (χ1n) is 5.96. The number of nitrogens with one attached hydrogen (secondary N) is 2. The van der Waals surface area contributed by atoms with Crippen LogP contribution in [0.2, 0.25) is 0 Å². The van der Waals surface area contributed by atoms with Gasteiger partial charge in [-0.25, -0.2) is 0 Å². The summed E-state index contributed by atoms with van der Waals surface area (Å²) in [6.07, 6.45) is 0. The van der Waals surface area contributed by atoms with Gasteiger partial charge in [-0.3, -0.25) is 4.79 Å². The number of hydrogen-bond donors (Lipinski definition) is 2. The molecule has 1 aromatic carbocycles. The Bertz CT molecular complexity index is 387. The molecular formula is C13H20N2O4. The Kier molecular flexibility index (Phi) is 6.52. The Morgan fingerprint density at radius 2 is 1.68 bits per heavy atom. The molecule has 6 nitrogen and oxygen atoms in total. The lowest BCUT2D eigenvalue weighted by Gasteiger charge is -2.10. The van der Waals surface area contributed by atoms with Crippen molar-refractivity contribution in [3.8, 4) is 17.2 Å². The van der Waals surface area contributed by atoms with Crippen molar-refractivity contribution < 1.29 is 19.0 Å². The average molecular weight is 268 g/mol. The monoisotopic (exact) mass is 268 g/mol. The molecule has 2 N–H and O–H groups in total. The fourth-order valence-corrected chi connectivity index (χ4v) is 1.45. The molecule has 0 radical (unpaired) electrons. The molecule has 0 bridgehead atoms. The first kappa shape index (κ1) is 15.1. The highest BCUT2D eigenvalue weighted by molar-refractivity contribution is 5.77. The Morgan fingerprint density at radius 1 is 1.11 bits per heavy atom. The van der Waals surface area contributed by atoms with Gasteiger partial charge in [-0.05, 0) is 7.05 Å². The number of carbonyl (C=O) groups is 1. The lowest BCUT2D eigenvalue weighted by molar-refractivity contribution is -0.120. The summed E-state index contributed by atoms with van der Waals surface area (Å²) in [6.45, 7) is 1.12. The van der Waals surface area contributed by atoms with Crippen LogP contribution < -0.4 is 24.8 Å². The SMILES string of the molecule is CNCC(=O)NCCOc1cc(OC)cc(OC)c1. The minimum Gasteiger partial charge on any atom is -0.496 e. The topological polar surface area (TPSA) is 68.8 Å². The quantitative estimate of drug-likeness (QED) is 0.669. The van der Waals surface area contributed by atoms with Gasteiger partial charge in [-0.2, -0.15) is 0 Å². The molecule has 0 aliphatic rings. The highest BCUT2D eigenvalue weighted by atomic mass is 16.5. The molecule has 0 saturated heterocycles. The maximum atomic E-state index is 11.2. The van der Waals surface area contributed by atoms with Crippen LogP contribution in [-0.4, -0.2) is 46.9 Å². The molecule has 0 aliphatic heterocycles. The van der Waals surface area contributed by atoms with E-state index in [4.69, 9.17) is 14.2 Å². The van der Waals surface area contributed by atoms with E-state index in [1.165, 1.54) is 0 Å². The molecule has 106 valence electrons. The van der Waals surface area contributed by atoms with E-state index in [9.17, 15) is 4.79 Å². The van der Waals surface area contributed by atoms with Crippen LogP contribution in [0.5, 0.6) is 17.2 Å². The molecule has 0 fully saturated rings. The van der Waals surface area contributed by atoms with Gasteiger partial charge in [0, 0.05) is 18.2 Å². The summed E-state index contributed by atoms with van der Waals surface area (Å²) in [5.74, 6) is 1.90. The number of amides is 1. The summed E-state index contributed by atoms with van der Waals surface area (Å²) in [4.78, 5) is 11.2. The number of carbonyl (C=O) groups excluding carboxylic acids is 1. The van der Waals surface area contributed by atoms with E-state index >= 15 is 0 Å². The van der Waals surface area contributed by atoms with E-state index < -0.39 is 0 Å². The van der Waals surface area contributed by atoms with Crippen LogP contribution in [0.25, 0.3) is 0 Å². The zero-order valence-corrected chi connectivity index (χ0v) is 11.5. The fraction of sp³-hybridized carbons (Fsp3) is 0.462. The molecule has 0 saturated carbocycles. The third-order valence-electron chi connectivity index (χ3n) is 2.36. The van der Waals surface area contributed by atoms with Crippen LogP contribution in [0.15, 0.2) is 18.2 Å². The summed E-state index contributed by atoms with van der Waals surface area (Å²) in [5, 5.41) is 5.49. The van der Waals surface area contributed by atoms with Gasteiger partial charge in [0.1, 0.15) is 23.9 Å². The number of hydrogen-bond acceptors (Lipinski definition) is 5. The molecule has 6 heteroatoms. The van der Waals surface area contributed by atoms with Crippen molar-refractivity contribution in [1.82, 2.24) is 10.6 Å². The minimum absolute atomic E-state index is 0.0608. The molecule has 19 heavy (non-hydrogen) atoms. The first-order chi connectivity index (χ1) is 9.19. The molecule has 0 heterocycles. The lowest BCUT2D eigenvalue weighted by atomic mass is 10.3. The first-order valence-corrected chi connectivity index (χ1v) is 5.96. The Morgan fingerprint density at radius 3 is 2.21 bits per heavy atom. The molecule has 1 aromatic rings. The van der Waals surface area contributed by atoms with Crippen molar-refractivity contribution in [3.05, 3.63) is 18.2 Å². The van der Waals surface area contributed by atoms with Gasteiger partial charge in [0.05, 0.1) is 27.3 Å². The van der Waals surface area contributed by atoms with Gasteiger partial charge in [0.2, 0.25) is 5.91 Å². The Hall–Kier alpha value is -1.95. The van der Waals surface area contributed by atoms with E-state index in [0.29, 0.717) is 36.9 Å². The predicted octanol–water partition coefficient (Wildman–Crippen LogP) is 0.418. The van der Waals surface area contributed by atoms with E-state index in [1.807, 2.05) is 0 Å². The van der Waals surface area contributed by atoms with Crippen molar-refractivity contribution in [1.29, 1.82) is 0 Å². The summed E-state index contributed by atoms with van der Waals surface area (Å²) in [6, 6.07) is 5.29. The molecule has 1 amide bonds. The third kappa shape index (κ3) is 5.48. The Labute approximate surface area is 113 Å². The highest BCUT2D eigenvalue weighted by Gasteiger charge is 2.03. The standard InChI is InChI=1S/C13H20N2O4/c1-14-9-13(16)15-4-5-19-12-7-10(17-2)6-11(8-12)18-3/h6-8,14H,4-5,9H2,1-3H3,(H,15,16). The largest absolute Gasteiger partial charge is 0.496 e. The molecular weight excluding hydrogens is 248 g/mol. The third-order valence-corrected chi connectivity index (χ3v) is 2.36. The minimum atomic E-state index is -0.0608. The molecule has 0 unspecified atom stereocenters. The van der Waals surface area contributed by atoms with Gasteiger partial charge < -0.3 is 24.8 Å². The number of ether oxygens (including phenoxy) is 3. The summed E-state index contributed by atoms with van der Waals surface area (Å²) in [5.41, 5.74) is 0. The van der Waals surface area contributed by atoms with Crippen LogP contribution in [0.4, 0.5) is 0 Å². The van der Waals surface area contributed by atoms with Crippen molar-refractivity contribution in [2.45, 2.75) is 0 Å². The average Bonchev–Trinajstić information content (AvgIpc) is 2.43. The van der Waals surface area contributed by atoms with Gasteiger partial charge >= 0.3 is 0 Å². The zero-order chi connectivity index (χ0) is 14.1. The summed E-state index contributed by atoms with van der Waals surface area (Å²) >= 11 is 0. The normalized spacial score (nSPS) is 9.84. The van der Waals surface area contributed by atoms with Gasteiger partial charge in [0.25, 0.3) is 0 Å². The molecule has 1 rings (SSSR count). The zero-order valence-electron chi connectivity index (χ0n) is 11.5. The van der Waals surface area contributed by atoms with E-state index in [-0.39, 0.29) is 5.91 Å². The number of likely N-dealkylation sites (N-methyl/N-ethyl adjacent to an activating group) is 1. The van der Waals surface area contributed by atoms with Gasteiger partial charge in [-0.15, -0.1) is 0 Å². The fourth-order valence-electron chi connectivity index (χ4n) is 1.45. The second-order valence-electron chi connectivity index (χ2n) is 3.78.